The lowest BCUT2D eigenvalue weighted by molar-refractivity contribution is -0.146. The number of imidazole rings is 1. The minimum absolute atomic E-state index is 0.00881. The van der Waals surface area contributed by atoms with E-state index in [0.717, 1.165) is 0 Å². The van der Waals surface area contributed by atoms with Gasteiger partial charge in [-0.3, -0.25) is 4.57 Å². The van der Waals surface area contributed by atoms with Crippen LogP contribution in [0.25, 0.3) is 11.2 Å². The highest BCUT2D eigenvalue weighted by Crippen LogP contribution is 2.45. The molecule has 1 aliphatic heterocycles. The first-order valence-electron chi connectivity index (χ1n) is 9.05. The zero-order chi connectivity index (χ0) is 20.0. The SMILES string of the molecule is CC(C)(C)[Si](C)(C)OC1C[C@H](n2cnc3c(N)ncnc32)OC1(CO)CO. The summed E-state index contributed by atoms with van der Waals surface area (Å²) < 4.78 is 14.4. The van der Waals surface area contributed by atoms with E-state index in [0.29, 0.717) is 23.4 Å². The molecule has 3 rings (SSSR count). The lowest BCUT2D eigenvalue weighted by Gasteiger charge is -2.42. The topological polar surface area (TPSA) is 129 Å². The van der Waals surface area contributed by atoms with Crippen molar-refractivity contribution in [2.75, 3.05) is 18.9 Å². The minimum atomic E-state index is -2.14. The van der Waals surface area contributed by atoms with Crippen LogP contribution in [0.5, 0.6) is 0 Å². The molecule has 1 unspecified atom stereocenters. The number of aromatic nitrogens is 4. The average molecular weight is 396 g/mol. The van der Waals surface area contributed by atoms with Crippen molar-refractivity contribution < 1.29 is 19.4 Å². The Morgan fingerprint density at radius 2 is 1.96 bits per heavy atom. The zero-order valence-corrected chi connectivity index (χ0v) is 17.5. The van der Waals surface area contributed by atoms with Gasteiger partial charge in [-0.25, -0.2) is 15.0 Å². The number of nitrogen functional groups attached to an aromatic ring is 1. The number of fused-ring (bicyclic) bond motifs is 1. The molecule has 4 N–H and O–H groups in total. The number of aliphatic hydroxyl groups excluding tert-OH is 2. The van der Waals surface area contributed by atoms with Gasteiger partial charge in [-0.05, 0) is 18.1 Å². The third kappa shape index (κ3) is 3.36. The third-order valence-corrected chi connectivity index (χ3v) is 10.3. The fourth-order valence-corrected chi connectivity index (χ4v) is 4.44. The maximum Gasteiger partial charge on any atom is 0.192 e. The Bertz CT molecular complexity index is 815. The van der Waals surface area contributed by atoms with Crippen molar-refractivity contribution in [3.8, 4) is 0 Å². The smallest absolute Gasteiger partial charge is 0.192 e. The molecule has 27 heavy (non-hydrogen) atoms. The standard InChI is InChI=1S/C17H29N5O4Si/c1-16(2,3)27(4,5)26-11-6-12(25-17(11,7-23)8-24)22-10-21-13-14(18)19-9-20-15(13)22/h9-12,23-24H,6-8H2,1-5H3,(H2,18,19,20)/t11?,12-/m1/s1. The molecule has 1 saturated heterocycles. The van der Waals surface area contributed by atoms with Crippen LogP contribution >= 0.6 is 0 Å². The summed E-state index contributed by atoms with van der Waals surface area (Å²) in [7, 11) is -2.14. The lowest BCUT2D eigenvalue weighted by Crippen LogP contribution is -2.54. The van der Waals surface area contributed by atoms with Gasteiger partial charge in [-0.2, -0.15) is 0 Å². The van der Waals surface area contributed by atoms with Crippen molar-refractivity contribution >= 4 is 25.3 Å². The second kappa shape index (κ2) is 6.78. The highest BCUT2D eigenvalue weighted by molar-refractivity contribution is 6.74. The molecule has 9 nitrogen and oxygen atoms in total. The van der Waals surface area contributed by atoms with Gasteiger partial charge in [-0.1, -0.05) is 20.8 Å². The van der Waals surface area contributed by atoms with Gasteiger partial charge in [0, 0.05) is 6.42 Å². The van der Waals surface area contributed by atoms with Crippen molar-refractivity contribution in [1.29, 1.82) is 0 Å². The van der Waals surface area contributed by atoms with Gasteiger partial charge in [-0.15, -0.1) is 0 Å². The summed E-state index contributed by atoms with van der Waals surface area (Å²) in [4.78, 5) is 12.5. The Kier molecular flexibility index (Phi) is 5.06. The largest absolute Gasteiger partial charge is 0.411 e. The molecule has 0 spiro atoms. The van der Waals surface area contributed by atoms with Gasteiger partial charge in [0.15, 0.2) is 19.8 Å². The molecule has 0 aliphatic carbocycles. The summed E-state index contributed by atoms with van der Waals surface area (Å²) in [6.07, 6.45) is 2.49. The Labute approximate surface area is 159 Å². The fourth-order valence-electron chi connectivity index (χ4n) is 3.06. The van der Waals surface area contributed by atoms with Gasteiger partial charge < -0.3 is 25.1 Å². The first-order chi connectivity index (χ1) is 12.5. The fraction of sp³-hybridized carbons (Fsp3) is 0.706. The Morgan fingerprint density at radius 1 is 1.30 bits per heavy atom. The summed E-state index contributed by atoms with van der Waals surface area (Å²) in [6.45, 7) is 10.0. The number of nitrogens with two attached hydrogens (primary N) is 1. The normalized spacial score (nSPS) is 23.2. The molecule has 10 heteroatoms. The molecular weight excluding hydrogens is 366 g/mol. The van der Waals surface area contributed by atoms with Crippen LogP contribution < -0.4 is 5.73 Å². The quantitative estimate of drug-likeness (QED) is 0.649. The summed E-state index contributed by atoms with van der Waals surface area (Å²) in [5.41, 5.74) is 5.72. The second-order valence-electron chi connectivity index (χ2n) is 8.64. The van der Waals surface area contributed by atoms with E-state index in [4.69, 9.17) is 14.9 Å². The number of ether oxygens (including phenoxy) is 1. The van der Waals surface area contributed by atoms with E-state index in [1.54, 1.807) is 10.9 Å². The summed E-state index contributed by atoms with van der Waals surface area (Å²) >= 11 is 0. The van der Waals surface area contributed by atoms with Gasteiger partial charge in [0.25, 0.3) is 0 Å². The molecule has 150 valence electrons. The molecule has 0 aromatic carbocycles. The van der Waals surface area contributed by atoms with Crippen LogP contribution in [0.1, 0.15) is 33.4 Å². The van der Waals surface area contributed by atoms with Crippen molar-refractivity contribution in [3.05, 3.63) is 12.7 Å². The van der Waals surface area contributed by atoms with E-state index < -0.39 is 26.3 Å². The number of aliphatic hydroxyl groups is 2. The number of anilines is 1. The van der Waals surface area contributed by atoms with Crippen LogP contribution in [0.3, 0.4) is 0 Å². The van der Waals surface area contributed by atoms with E-state index in [1.807, 2.05) is 0 Å². The predicted octanol–water partition coefficient (Wildman–Crippen LogP) is 1.44. The van der Waals surface area contributed by atoms with E-state index in [-0.39, 0.29) is 18.3 Å². The van der Waals surface area contributed by atoms with Gasteiger partial charge in [0.1, 0.15) is 23.7 Å². The molecule has 0 bridgehead atoms. The highest BCUT2D eigenvalue weighted by Gasteiger charge is 2.53. The first kappa shape index (κ1) is 20.1. The second-order valence-corrected chi connectivity index (χ2v) is 13.4. The van der Waals surface area contributed by atoms with Gasteiger partial charge >= 0.3 is 0 Å². The summed E-state index contributed by atoms with van der Waals surface area (Å²) in [5, 5.41) is 20.1. The van der Waals surface area contributed by atoms with Gasteiger partial charge in [0.2, 0.25) is 0 Å². The highest BCUT2D eigenvalue weighted by atomic mass is 28.4. The van der Waals surface area contributed by atoms with Crippen molar-refractivity contribution in [2.45, 2.75) is 63.3 Å². The molecule has 2 atom stereocenters. The van der Waals surface area contributed by atoms with Crippen LogP contribution in [0.4, 0.5) is 5.82 Å². The third-order valence-electron chi connectivity index (χ3n) is 5.85. The van der Waals surface area contributed by atoms with Gasteiger partial charge in [0.05, 0.1) is 25.6 Å². The molecule has 1 fully saturated rings. The maximum absolute atomic E-state index is 10.0. The van der Waals surface area contributed by atoms with Crippen molar-refractivity contribution in [3.63, 3.8) is 0 Å². The molecular formula is C17H29N5O4Si. The number of nitrogens with zero attached hydrogens (tertiary/aromatic N) is 4. The molecule has 2 aromatic rings. The van der Waals surface area contributed by atoms with E-state index >= 15 is 0 Å². The molecule has 0 saturated carbocycles. The maximum atomic E-state index is 10.0. The van der Waals surface area contributed by atoms with Crippen LogP contribution in [0, 0.1) is 0 Å². The first-order valence-corrected chi connectivity index (χ1v) is 12.0. The van der Waals surface area contributed by atoms with Crippen molar-refractivity contribution in [1.82, 2.24) is 19.5 Å². The number of rotatable bonds is 5. The molecule has 0 radical (unpaired) electrons. The monoisotopic (exact) mass is 395 g/mol. The van der Waals surface area contributed by atoms with E-state index in [2.05, 4.69) is 48.8 Å². The molecule has 0 amide bonds. The van der Waals surface area contributed by atoms with Crippen molar-refractivity contribution in [2.24, 2.45) is 0 Å². The summed E-state index contributed by atoms with van der Waals surface area (Å²) in [6, 6.07) is 0. The Hall–Kier alpha value is -1.59. The minimum Gasteiger partial charge on any atom is -0.411 e. The Morgan fingerprint density at radius 3 is 2.56 bits per heavy atom. The van der Waals surface area contributed by atoms with Crippen LogP contribution in [0.2, 0.25) is 18.1 Å². The number of hydrogen-bond acceptors (Lipinski definition) is 8. The average Bonchev–Trinajstić information content (AvgIpc) is 3.16. The Balaban J connectivity index is 1.95. The molecule has 3 heterocycles. The molecule has 1 aliphatic rings. The molecule has 2 aromatic heterocycles. The van der Waals surface area contributed by atoms with E-state index in [9.17, 15) is 10.2 Å². The lowest BCUT2D eigenvalue weighted by atomic mass is 9.99. The summed E-state index contributed by atoms with van der Waals surface area (Å²) in [5.74, 6) is 0.293. The van der Waals surface area contributed by atoms with Crippen LogP contribution in [0.15, 0.2) is 12.7 Å². The number of hydrogen-bond donors (Lipinski definition) is 3. The predicted molar refractivity (Wildman–Crippen MR) is 103 cm³/mol. The van der Waals surface area contributed by atoms with Crippen LogP contribution in [-0.4, -0.2) is 63.0 Å². The van der Waals surface area contributed by atoms with E-state index in [1.165, 1.54) is 6.33 Å². The van der Waals surface area contributed by atoms with Crippen LogP contribution in [-0.2, 0) is 9.16 Å². The zero-order valence-electron chi connectivity index (χ0n) is 16.5.